The highest BCUT2D eigenvalue weighted by molar-refractivity contribution is 5.98. The van der Waals surface area contributed by atoms with Crippen molar-refractivity contribution in [1.29, 1.82) is 0 Å². The molecule has 324 valence electrons. The minimum atomic E-state index is -0.529. The summed E-state index contributed by atoms with van der Waals surface area (Å²) in [5, 5.41) is 0. The van der Waals surface area contributed by atoms with Crippen LogP contribution in [-0.2, 0) is 10.8 Å². The first-order chi connectivity index (χ1) is 34.2. The van der Waals surface area contributed by atoms with Gasteiger partial charge in [0, 0.05) is 16.9 Å². The van der Waals surface area contributed by atoms with E-state index in [1.165, 1.54) is 89.0 Å². The number of anilines is 3. The van der Waals surface area contributed by atoms with Crippen molar-refractivity contribution in [3.63, 3.8) is 0 Å². The van der Waals surface area contributed by atoms with Crippen molar-refractivity contribution in [2.24, 2.45) is 0 Å². The van der Waals surface area contributed by atoms with Crippen molar-refractivity contribution >= 4 is 17.1 Å². The number of benzene rings is 11. The zero-order chi connectivity index (χ0) is 45.8. The molecule has 1 nitrogen and oxygen atoms in total. The van der Waals surface area contributed by atoms with Crippen molar-refractivity contribution in [3.05, 3.63) is 330 Å². The molecule has 2 aliphatic rings. The molecular formula is C68H47N. The zero-order valence-corrected chi connectivity index (χ0v) is 38.1. The molecule has 0 saturated heterocycles. The standard InChI is InChI=1S/C68H47N/c1-5-21-48(22-6-1)50-23-19-24-51(47-50)49-39-43-56(44-40-49)69(57-45-41-55(42-46-57)67(52-25-7-2-8-26-52)61-34-16-13-31-58(61)59-32-14-17-35-62(59)67)65-38-20-37-64-66(65)60-33-15-18-36-63(60)68(64,53-27-9-3-10-28-53)54-29-11-4-12-30-54/h1-47H. The van der Waals surface area contributed by atoms with Crippen molar-refractivity contribution < 1.29 is 0 Å². The lowest BCUT2D eigenvalue weighted by Crippen LogP contribution is -2.28. The summed E-state index contributed by atoms with van der Waals surface area (Å²) < 4.78 is 0. The van der Waals surface area contributed by atoms with Gasteiger partial charge in [-0.05, 0) is 120 Å². The topological polar surface area (TPSA) is 3.24 Å². The molecule has 0 fully saturated rings. The molecular weight excluding hydrogens is 831 g/mol. The van der Waals surface area contributed by atoms with Gasteiger partial charge in [0.15, 0.2) is 0 Å². The van der Waals surface area contributed by atoms with Gasteiger partial charge in [0.1, 0.15) is 0 Å². The maximum atomic E-state index is 2.49. The maximum absolute atomic E-state index is 2.49. The van der Waals surface area contributed by atoms with Crippen molar-refractivity contribution in [1.82, 2.24) is 0 Å². The summed E-state index contributed by atoms with van der Waals surface area (Å²) >= 11 is 0. The Balaban J connectivity index is 1.03. The smallest absolute Gasteiger partial charge is 0.0714 e. The fourth-order valence-corrected chi connectivity index (χ4v) is 12.0. The molecule has 0 radical (unpaired) electrons. The van der Waals surface area contributed by atoms with Gasteiger partial charge >= 0.3 is 0 Å². The van der Waals surface area contributed by atoms with Gasteiger partial charge < -0.3 is 4.90 Å². The summed E-state index contributed by atoms with van der Waals surface area (Å²) in [5.74, 6) is 0. The number of fused-ring (bicyclic) bond motifs is 6. The van der Waals surface area contributed by atoms with Crippen molar-refractivity contribution in [2.75, 3.05) is 4.90 Å². The molecule has 2 aliphatic carbocycles. The van der Waals surface area contributed by atoms with Gasteiger partial charge in [0.2, 0.25) is 0 Å². The Morgan fingerprint density at radius 1 is 0.232 bits per heavy atom. The molecule has 0 aromatic heterocycles. The van der Waals surface area contributed by atoms with Gasteiger partial charge in [-0.3, -0.25) is 0 Å². The van der Waals surface area contributed by atoms with Gasteiger partial charge in [-0.2, -0.15) is 0 Å². The SMILES string of the molecule is c1ccc(-c2cccc(-c3ccc(N(c4ccc(C5(c6ccccc6)c6ccccc6-c6ccccc65)cc4)c4cccc5c4-c4ccccc4C5(c4ccccc4)c4ccccc4)cc3)c2)cc1. The van der Waals surface area contributed by atoms with Crippen LogP contribution in [0.15, 0.2) is 285 Å². The number of hydrogen-bond acceptors (Lipinski definition) is 1. The van der Waals surface area contributed by atoms with E-state index in [4.69, 9.17) is 0 Å². The van der Waals surface area contributed by atoms with Gasteiger partial charge in [-0.25, -0.2) is 0 Å². The van der Waals surface area contributed by atoms with E-state index >= 15 is 0 Å². The molecule has 1 heteroatoms. The Morgan fingerprint density at radius 3 is 1.10 bits per heavy atom. The molecule has 0 bridgehead atoms. The van der Waals surface area contributed by atoms with Gasteiger partial charge in [0.05, 0.1) is 16.5 Å². The average Bonchev–Trinajstić information content (AvgIpc) is 3.92. The maximum Gasteiger partial charge on any atom is 0.0714 e. The van der Waals surface area contributed by atoms with Crippen LogP contribution in [-0.4, -0.2) is 0 Å². The minimum absolute atomic E-state index is 0.494. The highest BCUT2D eigenvalue weighted by Crippen LogP contribution is 2.60. The number of rotatable bonds is 9. The first-order valence-corrected chi connectivity index (χ1v) is 24.0. The van der Waals surface area contributed by atoms with E-state index in [0.29, 0.717) is 0 Å². The summed E-state index contributed by atoms with van der Waals surface area (Å²) in [6.45, 7) is 0. The van der Waals surface area contributed by atoms with E-state index in [1.807, 2.05) is 0 Å². The van der Waals surface area contributed by atoms with E-state index in [1.54, 1.807) is 0 Å². The summed E-state index contributed by atoms with van der Waals surface area (Å²) in [7, 11) is 0. The molecule has 11 aromatic carbocycles. The Bertz CT molecular complexity index is 3550. The Labute approximate surface area is 404 Å². The van der Waals surface area contributed by atoms with Crippen LogP contribution in [0.4, 0.5) is 17.1 Å². The third-order valence-electron chi connectivity index (χ3n) is 14.8. The summed E-state index contributed by atoms with van der Waals surface area (Å²) in [4.78, 5) is 2.49. The molecule has 0 N–H and O–H groups in total. The van der Waals surface area contributed by atoms with Crippen molar-refractivity contribution in [3.8, 4) is 44.5 Å². The van der Waals surface area contributed by atoms with Crippen LogP contribution in [0.1, 0.15) is 44.5 Å². The van der Waals surface area contributed by atoms with Crippen LogP contribution in [0.3, 0.4) is 0 Å². The largest absolute Gasteiger partial charge is 0.310 e. The predicted molar refractivity (Wildman–Crippen MR) is 287 cm³/mol. The predicted octanol–water partition coefficient (Wildman–Crippen LogP) is 17.2. The third-order valence-corrected chi connectivity index (χ3v) is 14.8. The van der Waals surface area contributed by atoms with Gasteiger partial charge in [-0.1, -0.05) is 249 Å². The first kappa shape index (κ1) is 40.5. The minimum Gasteiger partial charge on any atom is -0.310 e. The van der Waals surface area contributed by atoms with E-state index < -0.39 is 10.8 Å². The van der Waals surface area contributed by atoms with E-state index in [-0.39, 0.29) is 0 Å². The van der Waals surface area contributed by atoms with E-state index in [9.17, 15) is 0 Å². The lowest BCUT2D eigenvalue weighted by atomic mass is 9.67. The molecule has 0 saturated carbocycles. The molecule has 0 atom stereocenters. The number of hydrogen-bond donors (Lipinski definition) is 0. The zero-order valence-electron chi connectivity index (χ0n) is 38.1. The third kappa shape index (κ3) is 6.24. The molecule has 13 rings (SSSR count). The Hall–Kier alpha value is -8.78. The summed E-state index contributed by atoms with van der Waals surface area (Å²) in [6.07, 6.45) is 0. The monoisotopic (exact) mass is 877 g/mol. The fraction of sp³-hybridized carbons (Fsp3) is 0.0294. The molecule has 0 spiro atoms. The van der Waals surface area contributed by atoms with Crippen LogP contribution in [0.2, 0.25) is 0 Å². The lowest BCUT2D eigenvalue weighted by molar-refractivity contribution is 0.768. The highest BCUT2D eigenvalue weighted by atomic mass is 15.1. The second-order valence-corrected chi connectivity index (χ2v) is 18.3. The Kier molecular flexibility index (Phi) is 9.70. The van der Waals surface area contributed by atoms with E-state index in [0.717, 1.165) is 17.1 Å². The van der Waals surface area contributed by atoms with E-state index in [2.05, 4.69) is 290 Å². The van der Waals surface area contributed by atoms with Gasteiger partial charge in [0.25, 0.3) is 0 Å². The second kappa shape index (κ2) is 16.5. The lowest BCUT2D eigenvalue weighted by Gasteiger charge is -2.35. The summed E-state index contributed by atoms with van der Waals surface area (Å²) in [6, 6.07) is 105. The van der Waals surface area contributed by atoms with Crippen LogP contribution in [0, 0.1) is 0 Å². The first-order valence-electron chi connectivity index (χ1n) is 24.0. The fourth-order valence-electron chi connectivity index (χ4n) is 12.0. The van der Waals surface area contributed by atoms with Gasteiger partial charge in [-0.15, -0.1) is 0 Å². The molecule has 0 aliphatic heterocycles. The van der Waals surface area contributed by atoms with Crippen LogP contribution >= 0.6 is 0 Å². The van der Waals surface area contributed by atoms with Crippen LogP contribution in [0.25, 0.3) is 44.5 Å². The number of nitrogens with zero attached hydrogens (tertiary/aromatic N) is 1. The van der Waals surface area contributed by atoms with Crippen molar-refractivity contribution in [2.45, 2.75) is 10.8 Å². The Morgan fingerprint density at radius 2 is 0.580 bits per heavy atom. The molecule has 0 unspecified atom stereocenters. The quantitative estimate of drug-likeness (QED) is 0.140. The van der Waals surface area contributed by atoms with Crippen LogP contribution < -0.4 is 4.90 Å². The molecule has 0 amide bonds. The highest BCUT2D eigenvalue weighted by Gasteiger charge is 2.48. The molecule has 11 aromatic rings. The normalized spacial score (nSPS) is 13.4. The second-order valence-electron chi connectivity index (χ2n) is 18.3. The van der Waals surface area contributed by atoms with Crippen LogP contribution in [0.5, 0.6) is 0 Å². The molecule has 69 heavy (non-hydrogen) atoms. The summed E-state index contributed by atoms with van der Waals surface area (Å²) in [5.41, 5.74) is 22.3. The average molecular weight is 878 g/mol. The molecule has 0 heterocycles.